The molecule has 0 N–H and O–H groups in total. The van der Waals surface area contributed by atoms with Crippen LogP contribution in [0.5, 0.6) is 0 Å². The van der Waals surface area contributed by atoms with E-state index in [1.165, 1.54) is 0 Å². The molecule has 0 bridgehead atoms. The molecule has 3 aromatic rings. The van der Waals surface area contributed by atoms with Crippen molar-refractivity contribution in [3.05, 3.63) is 108 Å². The van der Waals surface area contributed by atoms with Crippen LogP contribution >= 0.6 is 0 Å². The van der Waals surface area contributed by atoms with Gasteiger partial charge in [-0.1, -0.05) is 91.0 Å². The van der Waals surface area contributed by atoms with Gasteiger partial charge in [0.25, 0.3) is 0 Å². The molecule has 0 saturated carbocycles. The van der Waals surface area contributed by atoms with Gasteiger partial charge in [-0.3, -0.25) is 0 Å². The third-order valence-electron chi connectivity index (χ3n) is 5.99. The Hall–Kier alpha value is -2.50. The molecule has 0 spiro atoms. The zero-order valence-corrected chi connectivity index (χ0v) is 17.9. The molecular formula is C27H28O4. The first-order chi connectivity index (χ1) is 15.1. The van der Waals surface area contributed by atoms with Gasteiger partial charge < -0.3 is 18.9 Å². The monoisotopic (exact) mass is 416 g/mol. The summed E-state index contributed by atoms with van der Waals surface area (Å²) in [5, 5.41) is 0. The van der Waals surface area contributed by atoms with Crippen LogP contribution in [0.2, 0.25) is 0 Å². The van der Waals surface area contributed by atoms with Gasteiger partial charge in [-0.2, -0.15) is 0 Å². The lowest BCUT2D eigenvalue weighted by molar-refractivity contribution is -0.212. The zero-order valence-electron chi connectivity index (χ0n) is 17.9. The van der Waals surface area contributed by atoms with Crippen LogP contribution in [0.4, 0.5) is 0 Å². The van der Waals surface area contributed by atoms with Gasteiger partial charge >= 0.3 is 0 Å². The van der Waals surface area contributed by atoms with E-state index in [0.717, 1.165) is 23.1 Å². The number of rotatable bonds is 6. The Kier molecular flexibility index (Phi) is 5.40. The van der Waals surface area contributed by atoms with Crippen LogP contribution in [0.25, 0.3) is 0 Å². The van der Waals surface area contributed by atoms with Crippen molar-refractivity contribution >= 4 is 0 Å². The highest BCUT2D eigenvalue weighted by Gasteiger charge is 2.49. The average Bonchev–Trinajstić information content (AvgIpc) is 3.29. The molecule has 0 aromatic heterocycles. The number of fused-ring (bicyclic) bond motifs is 1. The van der Waals surface area contributed by atoms with Crippen molar-refractivity contribution in [3.8, 4) is 0 Å². The maximum Gasteiger partial charge on any atom is 0.187 e. The molecule has 1 unspecified atom stereocenters. The smallest absolute Gasteiger partial charge is 0.187 e. The maximum atomic E-state index is 6.85. The number of hydrogen-bond acceptors (Lipinski definition) is 4. The second-order valence-electron chi connectivity index (χ2n) is 8.63. The summed E-state index contributed by atoms with van der Waals surface area (Å²) in [7, 11) is 0. The molecule has 3 atom stereocenters. The normalized spacial score (nSPS) is 24.8. The molecule has 160 valence electrons. The Morgan fingerprint density at radius 1 is 0.774 bits per heavy atom. The topological polar surface area (TPSA) is 36.9 Å². The molecule has 2 aliphatic rings. The van der Waals surface area contributed by atoms with Crippen LogP contribution in [0, 0.1) is 0 Å². The fourth-order valence-corrected chi connectivity index (χ4v) is 4.68. The molecule has 4 nitrogen and oxygen atoms in total. The largest absolute Gasteiger partial charge is 0.358 e. The Morgan fingerprint density at radius 3 is 1.71 bits per heavy atom. The second kappa shape index (κ2) is 8.21. The minimum Gasteiger partial charge on any atom is -0.358 e. The predicted molar refractivity (Wildman–Crippen MR) is 118 cm³/mol. The van der Waals surface area contributed by atoms with Gasteiger partial charge in [0, 0.05) is 6.42 Å². The van der Waals surface area contributed by atoms with E-state index in [-0.39, 0.29) is 18.5 Å². The molecule has 0 amide bonds. The van der Waals surface area contributed by atoms with E-state index in [1.54, 1.807) is 0 Å². The minimum absolute atomic E-state index is 0.0526. The lowest BCUT2D eigenvalue weighted by Gasteiger charge is -2.36. The molecule has 0 radical (unpaired) electrons. The zero-order chi connectivity index (χ0) is 21.3. The minimum atomic E-state index is -0.744. The summed E-state index contributed by atoms with van der Waals surface area (Å²) in [6.45, 7) is 4.27. The average molecular weight is 417 g/mol. The van der Waals surface area contributed by atoms with Crippen LogP contribution in [0.1, 0.15) is 37.0 Å². The number of hydrogen-bond donors (Lipinski definition) is 0. The fourth-order valence-electron chi connectivity index (χ4n) is 4.68. The summed E-state index contributed by atoms with van der Waals surface area (Å²) in [5.74, 6) is -0.594. The third kappa shape index (κ3) is 3.92. The van der Waals surface area contributed by atoms with Crippen LogP contribution in [-0.2, 0) is 24.5 Å². The SMILES string of the molecule is CC1(C)OC2O[C@H](COC(c3ccccc3)(c3ccccc3)c3ccccc3)C[C@H]2O1. The van der Waals surface area contributed by atoms with Gasteiger partial charge in [-0.05, 0) is 30.5 Å². The molecule has 5 rings (SSSR count). The lowest BCUT2D eigenvalue weighted by Crippen LogP contribution is -2.36. The molecule has 2 fully saturated rings. The third-order valence-corrected chi connectivity index (χ3v) is 5.99. The quantitative estimate of drug-likeness (QED) is 0.514. The predicted octanol–water partition coefficient (Wildman–Crippen LogP) is 5.26. The summed E-state index contributed by atoms with van der Waals surface area (Å²) in [6, 6.07) is 31.2. The van der Waals surface area contributed by atoms with Crippen LogP contribution in [0.15, 0.2) is 91.0 Å². The van der Waals surface area contributed by atoms with Crippen molar-refractivity contribution in [2.75, 3.05) is 6.61 Å². The second-order valence-corrected chi connectivity index (χ2v) is 8.63. The Labute approximate surface area is 183 Å². The van der Waals surface area contributed by atoms with Gasteiger partial charge in [-0.15, -0.1) is 0 Å². The van der Waals surface area contributed by atoms with Crippen LogP contribution in [-0.4, -0.2) is 30.9 Å². The van der Waals surface area contributed by atoms with Crippen molar-refractivity contribution in [3.63, 3.8) is 0 Å². The van der Waals surface area contributed by atoms with Gasteiger partial charge in [0.2, 0.25) is 0 Å². The Bertz CT molecular complexity index is 875. The summed E-state index contributed by atoms with van der Waals surface area (Å²) in [6.07, 6.45) is 0.274. The first kappa shape index (κ1) is 20.4. The maximum absolute atomic E-state index is 6.85. The van der Waals surface area contributed by atoms with E-state index in [1.807, 2.05) is 32.0 Å². The van der Waals surface area contributed by atoms with Gasteiger partial charge in [0.15, 0.2) is 12.1 Å². The van der Waals surface area contributed by atoms with E-state index >= 15 is 0 Å². The molecule has 2 aliphatic heterocycles. The highest BCUT2D eigenvalue weighted by Crippen LogP contribution is 2.42. The van der Waals surface area contributed by atoms with Gasteiger partial charge in [0.1, 0.15) is 11.7 Å². The first-order valence-electron chi connectivity index (χ1n) is 10.9. The standard InChI is InChI=1S/C27H28O4/c1-26(2)30-24-18-23(29-25(24)31-26)19-28-27(20-12-6-3-7-13-20,21-14-8-4-9-15-21)22-16-10-5-11-17-22/h3-17,23-25H,18-19H2,1-2H3/t23-,24+,25?/m0/s1. The van der Waals surface area contributed by atoms with E-state index in [9.17, 15) is 0 Å². The molecular weight excluding hydrogens is 388 g/mol. The summed E-state index contributed by atoms with van der Waals surface area (Å²) >= 11 is 0. The molecule has 3 aromatic carbocycles. The highest BCUT2D eigenvalue weighted by atomic mass is 16.8. The Morgan fingerprint density at radius 2 is 1.26 bits per heavy atom. The van der Waals surface area contributed by atoms with Gasteiger partial charge in [0.05, 0.1) is 12.7 Å². The Balaban J connectivity index is 1.49. The van der Waals surface area contributed by atoms with E-state index < -0.39 is 11.4 Å². The van der Waals surface area contributed by atoms with Crippen molar-refractivity contribution < 1.29 is 18.9 Å². The lowest BCUT2D eigenvalue weighted by atomic mass is 9.80. The van der Waals surface area contributed by atoms with E-state index in [2.05, 4.69) is 72.8 Å². The molecule has 4 heteroatoms. The van der Waals surface area contributed by atoms with Gasteiger partial charge in [-0.25, -0.2) is 0 Å². The van der Waals surface area contributed by atoms with Crippen molar-refractivity contribution in [2.24, 2.45) is 0 Å². The molecule has 0 aliphatic carbocycles. The summed E-state index contributed by atoms with van der Waals surface area (Å²) in [5.41, 5.74) is 2.50. The van der Waals surface area contributed by atoms with Crippen molar-refractivity contribution in [1.29, 1.82) is 0 Å². The van der Waals surface area contributed by atoms with E-state index in [0.29, 0.717) is 6.61 Å². The molecule has 2 saturated heterocycles. The van der Waals surface area contributed by atoms with Crippen LogP contribution in [0.3, 0.4) is 0 Å². The number of ether oxygens (including phenoxy) is 4. The molecule has 2 heterocycles. The van der Waals surface area contributed by atoms with E-state index in [4.69, 9.17) is 18.9 Å². The van der Waals surface area contributed by atoms with Crippen LogP contribution < -0.4 is 0 Å². The van der Waals surface area contributed by atoms with Crippen molar-refractivity contribution in [1.82, 2.24) is 0 Å². The highest BCUT2D eigenvalue weighted by molar-refractivity contribution is 5.47. The fraction of sp³-hybridized carbons (Fsp3) is 0.333. The van der Waals surface area contributed by atoms with Crippen molar-refractivity contribution in [2.45, 2.75) is 50.2 Å². The molecule has 31 heavy (non-hydrogen) atoms. The number of benzene rings is 3. The summed E-state index contributed by atoms with van der Waals surface area (Å²) < 4.78 is 24.9. The summed E-state index contributed by atoms with van der Waals surface area (Å²) in [4.78, 5) is 0. The first-order valence-corrected chi connectivity index (χ1v) is 10.9.